The second kappa shape index (κ2) is 16.1. The van der Waals surface area contributed by atoms with E-state index in [1.165, 1.54) is 86.8 Å². The molecule has 5 aromatic carbocycles. The molecule has 0 aromatic heterocycles. The zero-order valence-corrected chi connectivity index (χ0v) is 31.3. The van der Waals surface area contributed by atoms with E-state index in [1.54, 1.807) is 0 Å². The van der Waals surface area contributed by atoms with Gasteiger partial charge in [-0.05, 0) is 69.4 Å². The number of hydrogen-bond donors (Lipinski definition) is 0. The zero-order chi connectivity index (χ0) is 36.2. The van der Waals surface area contributed by atoms with Gasteiger partial charge < -0.3 is 0 Å². The minimum absolute atomic E-state index is 0.222. The van der Waals surface area contributed by atoms with Gasteiger partial charge in [-0.3, -0.25) is 29.0 Å². The van der Waals surface area contributed by atoms with Crippen molar-refractivity contribution < 1.29 is 19.2 Å². The van der Waals surface area contributed by atoms with Crippen LogP contribution in [0.4, 0.5) is 0 Å². The molecule has 0 atom stereocenters. The molecule has 6 heteroatoms. The van der Waals surface area contributed by atoms with E-state index in [1.807, 2.05) is 48.5 Å². The Hall–Kier alpha value is -4.32. The Morgan fingerprint density at radius 3 is 0.846 bits per heavy atom. The molecular weight excluding hydrogens is 645 g/mol. The Kier molecular flexibility index (Phi) is 11.2. The van der Waals surface area contributed by atoms with Crippen molar-refractivity contribution in [2.45, 2.75) is 129 Å². The van der Waals surface area contributed by atoms with Crippen LogP contribution in [0.1, 0.15) is 171 Å². The molecule has 7 rings (SSSR count). The molecule has 4 amide bonds. The topological polar surface area (TPSA) is 74.8 Å². The fourth-order valence-corrected chi connectivity index (χ4v) is 8.94. The highest BCUT2D eigenvalue weighted by molar-refractivity contribution is 6.41. The average Bonchev–Trinajstić information content (AvgIpc) is 3.16. The molecule has 2 aliphatic heterocycles. The molecule has 0 fully saturated rings. The third-order valence-corrected chi connectivity index (χ3v) is 11.8. The molecule has 0 bridgehead atoms. The summed E-state index contributed by atoms with van der Waals surface area (Å²) in [5, 5.41) is 6.94. The monoisotopic (exact) mass is 698 g/mol. The third kappa shape index (κ3) is 6.58. The van der Waals surface area contributed by atoms with Crippen LogP contribution in [-0.2, 0) is 0 Å². The lowest BCUT2D eigenvalue weighted by atomic mass is 9.82. The van der Waals surface area contributed by atoms with Gasteiger partial charge in [0.15, 0.2) is 0 Å². The van der Waals surface area contributed by atoms with Crippen LogP contribution in [0.3, 0.4) is 0 Å². The minimum atomic E-state index is -0.222. The summed E-state index contributed by atoms with van der Waals surface area (Å²) in [6.45, 7) is 5.34. The molecule has 0 saturated carbocycles. The standard InChI is InChI=1S/C46H54N2O4/c1-3-5-7-9-11-13-15-17-19-29-47-43(49)35-25-21-31-33-23-27-37-42-38(46(52)48(45(37)51)30-20-18-16-14-12-10-8-6-4-2)28-24-34(40(33)42)32-22-26-36(44(47)50)41(35)39(31)32/h21-28H,3-20,29-30H2,1-2H3. The number of unbranched alkanes of at least 4 members (excludes halogenated alkanes) is 16. The maximum Gasteiger partial charge on any atom is 0.261 e. The normalized spacial score (nSPS) is 14.4. The summed E-state index contributed by atoms with van der Waals surface area (Å²) in [5.41, 5.74) is 2.27. The van der Waals surface area contributed by atoms with Gasteiger partial charge in [0, 0.05) is 46.1 Å². The molecule has 0 unspecified atom stereocenters. The summed E-state index contributed by atoms with van der Waals surface area (Å²) >= 11 is 0. The van der Waals surface area contributed by atoms with Crippen molar-refractivity contribution in [3.63, 3.8) is 0 Å². The van der Waals surface area contributed by atoms with Crippen molar-refractivity contribution in [2.75, 3.05) is 13.1 Å². The predicted octanol–water partition coefficient (Wildman–Crippen LogP) is 12.0. The van der Waals surface area contributed by atoms with E-state index in [9.17, 15) is 19.2 Å². The molecule has 2 aliphatic rings. The predicted molar refractivity (Wildman–Crippen MR) is 213 cm³/mol. The molecule has 2 heterocycles. The van der Waals surface area contributed by atoms with Crippen LogP contribution in [0.5, 0.6) is 0 Å². The van der Waals surface area contributed by atoms with Crippen molar-refractivity contribution in [3.05, 3.63) is 70.8 Å². The van der Waals surface area contributed by atoms with Gasteiger partial charge >= 0.3 is 0 Å². The molecule has 52 heavy (non-hydrogen) atoms. The summed E-state index contributed by atoms with van der Waals surface area (Å²) < 4.78 is 0. The van der Waals surface area contributed by atoms with Crippen LogP contribution in [0.15, 0.2) is 48.5 Å². The summed E-state index contributed by atoms with van der Waals surface area (Å²) in [5.74, 6) is -0.889. The van der Waals surface area contributed by atoms with Crippen LogP contribution in [0.2, 0.25) is 0 Å². The first-order valence-electron chi connectivity index (χ1n) is 20.4. The number of nitrogens with zero attached hydrogens (tertiary/aromatic N) is 2. The first-order valence-corrected chi connectivity index (χ1v) is 20.4. The Bertz CT molecular complexity index is 1860. The number of imide groups is 2. The second-order valence-electron chi connectivity index (χ2n) is 15.3. The smallest absolute Gasteiger partial charge is 0.261 e. The second-order valence-corrected chi connectivity index (χ2v) is 15.3. The maximum absolute atomic E-state index is 13.9. The Labute approximate surface area is 308 Å². The molecule has 0 spiro atoms. The number of carbonyl (C=O) groups excluding carboxylic acids is 4. The van der Waals surface area contributed by atoms with Gasteiger partial charge in [-0.15, -0.1) is 0 Å². The van der Waals surface area contributed by atoms with E-state index >= 15 is 0 Å². The molecule has 5 aromatic rings. The fourth-order valence-electron chi connectivity index (χ4n) is 8.94. The van der Waals surface area contributed by atoms with Gasteiger partial charge in [0.05, 0.1) is 0 Å². The van der Waals surface area contributed by atoms with Crippen molar-refractivity contribution >= 4 is 66.7 Å². The zero-order valence-electron chi connectivity index (χ0n) is 31.3. The van der Waals surface area contributed by atoms with E-state index in [0.717, 1.165) is 70.8 Å². The van der Waals surface area contributed by atoms with Gasteiger partial charge in [-0.1, -0.05) is 141 Å². The van der Waals surface area contributed by atoms with E-state index in [-0.39, 0.29) is 23.6 Å². The van der Waals surface area contributed by atoms with E-state index in [0.29, 0.717) is 46.1 Å². The van der Waals surface area contributed by atoms with Gasteiger partial charge in [0.25, 0.3) is 23.6 Å². The lowest BCUT2D eigenvalue weighted by Gasteiger charge is -2.30. The summed E-state index contributed by atoms with van der Waals surface area (Å²) in [4.78, 5) is 58.4. The van der Waals surface area contributed by atoms with Crippen LogP contribution in [0.25, 0.3) is 43.1 Å². The average molecular weight is 699 g/mol. The number of carbonyl (C=O) groups is 4. The van der Waals surface area contributed by atoms with E-state index < -0.39 is 0 Å². The largest absolute Gasteiger partial charge is 0.274 e. The highest BCUT2D eigenvalue weighted by Gasteiger charge is 2.36. The van der Waals surface area contributed by atoms with E-state index in [2.05, 4.69) is 13.8 Å². The molecule has 6 nitrogen and oxygen atoms in total. The lowest BCUT2D eigenvalue weighted by Crippen LogP contribution is -2.41. The number of amides is 4. The van der Waals surface area contributed by atoms with E-state index in [4.69, 9.17) is 0 Å². The van der Waals surface area contributed by atoms with Gasteiger partial charge in [-0.25, -0.2) is 0 Å². The van der Waals surface area contributed by atoms with Gasteiger partial charge in [0.1, 0.15) is 0 Å². The molecule has 272 valence electrons. The summed E-state index contributed by atoms with van der Waals surface area (Å²) in [7, 11) is 0. The highest BCUT2D eigenvalue weighted by atomic mass is 16.2. The Morgan fingerprint density at radius 1 is 0.327 bits per heavy atom. The maximum atomic E-state index is 13.9. The summed E-state index contributed by atoms with van der Waals surface area (Å²) in [6, 6.07) is 15.4. The number of fused-ring (bicyclic) bond motifs is 2. The highest BCUT2D eigenvalue weighted by Crippen LogP contribution is 2.46. The van der Waals surface area contributed by atoms with Gasteiger partial charge in [0.2, 0.25) is 0 Å². The van der Waals surface area contributed by atoms with Crippen molar-refractivity contribution in [2.24, 2.45) is 0 Å². The molecule has 0 N–H and O–H groups in total. The first kappa shape index (κ1) is 36.1. The Morgan fingerprint density at radius 2 is 0.577 bits per heavy atom. The lowest BCUT2D eigenvalue weighted by molar-refractivity contribution is 0.0592. The van der Waals surface area contributed by atoms with Crippen molar-refractivity contribution in [3.8, 4) is 0 Å². The summed E-state index contributed by atoms with van der Waals surface area (Å²) in [6.07, 6.45) is 21.1. The van der Waals surface area contributed by atoms with Crippen LogP contribution in [0, 0.1) is 0 Å². The van der Waals surface area contributed by atoms with Crippen LogP contribution < -0.4 is 0 Å². The van der Waals surface area contributed by atoms with Gasteiger partial charge in [-0.2, -0.15) is 0 Å². The third-order valence-electron chi connectivity index (χ3n) is 11.8. The molecule has 0 radical (unpaired) electrons. The minimum Gasteiger partial charge on any atom is -0.274 e. The fraction of sp³-hybridized carbons (Fsp3) is 0.478. The van der Waals surface area contributed by atoms with Crippen molar-refractivity contribution in [1.29, 1.82) is 0 Å². The van der Waals surface area contributed by atoms with Crippen LogP contribution in [-0.4, -0.2) is 46.5 Å². The molecule has 0 saturated heterocycles. The molecular formula is C46H54N2O4. The van der Waals surface area contributed by atoms with Crippen molar-refractivity contribution in [1.82, 2.24) is 9.80 Å². The number of rotatable bonds is 20. The SMILES string of the molecule is CCCCCCCCCCCN1C(=O)c2ccc3c4ccc5c6c(ccc(c7ccc(c2c37)C1=O)c64)C(=O)N(CCCCCCCCCCC)C5=O. The number of benzene rings is 5. The Balaban J connectivity index is 1.12. The first-order chi connectivity index (χ1) is 25.5. The quantitative estimate of drug-likeness (QED) is 0.0351. The molecule has 0 aliphatic carbocycles. The number of hydrogen-bond acceptors (Lipinski definition) is 4. The van der Waals surface area contributed by atoms with Crippen LogP contribution >= 0.6 is 0 Å².